The number of benzene rings is 1. The third-order valence-electron chi connectivity index (χ3n) is 2.62. The van der Waals surface area contributed by atoms with Crippen LogP contribution in [0.15, 0.2) is 23.4 Å². The van der Waals surface area contributed by atoms with Crippen LogP contribution in [0.1, 0.15) is 31.3 Å². The quantitative estimate of drug-likeness (QED) is 0.785. The predicted molar refractivity (Wildman–Crippen MR) is 65.6 cm³/mol. The predicted octanol–water partition coefficient (Wildman–Crippen LogP) is 3.19. The van der Waals surface area contributed by atoms with Gasteiger partial charge in [-0.15, -0.1) is 0 Å². The van der Waals surface area contributed by atoms with E-state index in [9.17, 15) is 17.7 Å². The second-order valence-electron chi connectivity index (χ2n) is 4.76. The Morgan fingerprint density at radius 2 is 1.95 bits per heavy atom. The molecule has 19 heavy (non-hydrogen) atoms. The highest BCUT2D eigenvalue weighted by atomic mass is 32.2. The average Bonchev–Trinajstić information content (AvgIpc) is 2.68. The number of hydrogen-bond acceptors (Lipinski definition) is 3. The number of nitrogens with zero attached hydrogens (tertiary/aromatic N) is 1. The highest BCUT2D eigenvalue weighted by Crippen LogP contribution is 2.34. The molecular weight excluding hydrogens is 279 g/mol. The van der Waals surface area contributed by atoms with Crippen LogP contribution in [0.3, 0.4) is 0 Å². The third-order valence-corrected chi connectivity index (χ3v) is 3.91. The number of alkyl halides is 1. The van der Waals surface area contributed by atoms with Gasteiger partial charge in [0.25, 0.3) is 10.5 Å². The van der Waals surface area contributed by atoms with Gasteiger partial charge in [-0.25, -0.2) is 8.78 Å². The summed E-state index contributed by atoms with van der Waals surface area (Å²) in [7, 11) is 0. The Morgan fingerprint density at radius 1 is 1.37 bits per heavy atom. The van der Waals surface area contributed by atoms with Crippen LogP contribution in [0.4, 0.5) is 13.2 Å². The zero-order valence-corrected chi connectivity index (χ0v) is 11.1. The van der Waals surface area contributed by atoms with Crippen LogP contribution in [0.2, 0.25) is 0 Å². The van der Waals surface area contributed by atoms with Crippen molar-refractivity contribution in [2.45, 2.75) is 31.4 Å². The Balaban J connectivity index is 2.23. The Bertz CT molecular complexity index is 501. The van der Waals surface area contributed by atoms with E-state index in [1.165, 1.54) is 0 Å². The minimum Gasteiger partial charge on any atom is -0.608 e. The number of rotatable bonds is 2. The van der Waals surface area contributed by atoms with Crippen LogP contribution in [0.25, 0.3) is 0 Å². The van der Waals surface area contributed by atoms with Crippen LogP contribution < -0.4 is 0 Å². The molecule has 0 amide bonds. The van der Waals surface area contributed by atoms with E-state index in [2.05, 4.69) is 5.16 Å². The molecule has 0 aliphatic carbocycles. The van der Waals surface area contributed by atoms with Gasteiger partial charge in [0.1, 0.15) is 22.8 Å². The minimum absolute atomic E-state index is 0.0415. The Hall–Kier alpha value is -1.21. The number of halogens is 3. The lowest BCUT2D eigenvalue weighted by molar-refractivity contribution is 0.0123. The molecule has 0 bridgehead atoms. The Kier molecular flexibility index (Phi) is 3.78. The van der Waals surface area contributed by atoms with Gasteiger partial charge in [-0.3, -0.25) is 0 Å². The molecule has 1 aliphatic rings. The number of oxime groups is 1. The standard InChI is InChI=1S/C12H12F3NO2S/c1-12(2)6-9(16-18-12)19(17)11(15)10-7(13)4-3-5-8(10)14/h3-5,11H,6H2,1-2H3. The summed E-state index contributed by atoms with van der Waals surface area (Å²) in [6.45, 7) is 3.38. The SMILES string of the molecule is CC1(C)CC([S+]([O-])C(F)c2c(F)cccc2F)=NO1. The van der Waals surface area contributed by atoms with Gasteiger partial charge in [-0.2, -0.15) is 4.39 Å². The molecule has 1 aromatic carbocycles. The largest absolute Gasteiger partial charge is 0.608 e. The zero-order chi connectivity index (χ0) is 14.2. The minimum atomic E-state index is -2.31. The molecular formula is C12H12F3NO2S. The first-order valence-corrected chi connectivity index (χ1v) is 6.77. The molecule has 1 aromatic rings. The molecule has 2 rings (SSSR count). The van der Waals surface area contributed by atoms with Gasteiger partial charge in [0.15, 0.2) is 0 Å². The maximum absolute atomic E-state index is 14.0. The van der Waals surface area contributed by atoms with Crippen LogP contribution in [0, 0.1) is 11.6 Å². The summed E-state index contributed by atoms with van der Waals surface area (Å²) in [5.41, 5.74) is -3.83. The van der Waals surface area contributed by atoms with Crippen molar-refractivity contribution in [3.05, 3.63) is 35.4 Å². The van der Waals surface area contributed by atoms with Gasteiger partial charge in [-0.1, -0.05) is 6.07 Å². The van der Waals surface area contributed by atoms with Crippen LogP contribution in [-0.2, 0) is 16.0 Å². The normalized spacial score (nSPS) is 20.6. The molecule has 0 aromatic heterocycles. The highest BCUT2D eigenvalue weighted by molar-refractivity contribution is 8.06. The fourth-order valence-corrected chi connectivity index (χ4v) is 2.94. The average molecular weight is 291 g/mol. The molecule has 3 nitrogen and oxygen atoms in total. The molecule has 2 unspecified atom stereocenters. The van der Waals surface area contributed by atoms with Crippen molar-refractivity contribution in [2.75, 3.05) is 0 Å². The molecule has 0 fully saturated rings. The monoisotopic (exact) mass is 291 g/mol. The second-order valence-corrected chi connectivity index (χ2v) is 6.24. The van der Waals surface area contributed by atoms with Crippen molar-refractivity contribution in [1.29, 1.82) is 0 Å². The molecule has 1 aliphatic heterocycles. The van der Waals surface area contributed by atoms with E-state index in [-0.39, 0.29) is 11.5 Å². The van der Waals surface area contributed by atoms with Crippen LogP contribution >= 0.6 is 0 Å². The Morgan fingerprint density at radius 3 is 2.42 bits per heavy atom. The summed E-state index contributed by atoms with van der Waals surface area (Å²) >= 11 is -2.28. The van der Waals surface area contributed by atoms with Crippen molar-refractivity contribution < 1.29 is 22.6 Å². The summed E-state index contributed by atoms with van der Waals surface area (Å²) in [6.07, 6.45) is 0.149. The van der Waals surface area contributed by atoms with Gasteiger partial charge in [0, 0.05) is 11.2 Å². The summed E-state index contributed by atoms with van der Waals surface area (Å²) in [4.78, 5) is 4.96. The molecule has 1 heterocycles. The highest BCUT2D eigenvalue weighted by Gasteiger charge is 2.41. The van der Waals surface area contributed by atoms with E-state index in [4.69, 9.17) is 4.84 Å². The summed E-state index contributed by atoms with van der Waals surface area (Å²) < 4.78 is 52.8. The van der Waals surface area contributed by atoms with E-state index in [1.54, 1.807) is 13.8 Å². The molecule has 0 saturated carbocycles. The summed E-state index contributed by atoms with van der Waals surface area (Å²) in [5.74, 6) is -2.14. The zero-order valence-electron chi connectivity index (χ0n) is 10.3. The first-order chi connectivity index (χ1) is 8.82. The maximum Gasteiger partial charge on any atom is 0.291 e. The van der Waals surface area contributed by atoms with Crippen LogP contribution in [-0.4, -0.2) is 15.2 Å². The smallest absolute Gasteiger partial charge is 0.291 e. The van der Waals surface area contributed by atoms with Crippen molar-refractivity contribution >= 4 is 16.2 Å². The maximum atomic E-state index is 14.0. The Labute approximate surface area is 111 Å². The van der Waals surface area contributed by atoms with Crippen molar-refractivity contribution in [3.63, 3.8) is 0 Å². The molecule has 0 spiro atoms. The molecule has 0 saturated heterocycles. The lowest BCUT2D eigenvalue weighted by Gasteiger charge is -2.16. The van der Waals surface area contributed by atoms with Crippen molar-refractivity contribution in [1.82, 2.24) is 0 Å². The summed E-state index contributed by atoms with van der Waals surface area (Å²) in [5, 5.41) is 3.48. The summed E-state index contributed by atoms with van der Waals surface area (Å²) in [6, 6.07) is 2.95. The topological polar surface area (TPSA) is 44.7 Å². The van der Waals surface area contributed by atoms with Gasteiger partial charge in [0.2, 0.25) is 0 Å². The third kappa shape index (κ3) is 2.87. The van der Waals surface area contributed by atoms with Gasteiger partial charge in [0.05, 0.1) is 6.42 Å². The van der Waals surface area contributed by atoms with E-state index >= 15 is 0 Å². The van der Waals surface area contributed by atoms with Crippen LogP contribution in [0.5, 0.6) is 0 Å². The first kappa shape index (κ1) is 14.2. The molecule has 0 radical (unpaired) electrons. The van der Waals surface area contributed by atoms with E-state index in [0.29, 0.717) is 0 Å². The van der Waals surface area contributed by atoms with E-state index in [1.807, 2.05) is 0 Å². The fourth-order valence-electron chi connectivity index (χ4n) is 1.67. The molecule has 0 N–H and O–H groups in total. The molecule has 104 valence electrons. The molecule has 2 atom stereocenters. The first-order valence-electron chi connectivity index (χ1n) is 5.55. The lowest BCUT2D eigenvalue weighted by Crippen LogP contribution is -2.25. The van der Waals surface area contributed by atoms with E-state index < -0.39 is 39.5 Å². The van der Waals surface area contributed by atoms with Gasteiger partial charge >= 0.3 is 0 Å². The fraction of sp³-hybridized carbons (Fsp3) is 0.417. The number of hydrogen-bond donors (Lipinski definition) is 0. The lowest BCUT2D eigenvalue weighted by atomic mass is 10.1. The second kappa shape index (κ2) is 5.05. The van der Waals surface area contributed by atoms with E-state index in [0.717, 1.165) is 18.2 Å². The van der Waals surface area contributed by atoms with Crippen molar-refractivity contribution in [2.24, 2.45) is 5.16 Å². The van der Waals surface area contributed by atoms with Crippen molar-refractivity contribution in [3.8, 4) is 0 Å². The van der Waals surface area contributed by atoms with Gasteiger partial charge < -0.3 is 9.39 Å². The molecule has 7 heteroatoms. The van der Waals surface area contributed by atoms with Gasteiger partial charge in [-0.05, 0) is 31.1 Å².